The lowest BCUT2D eigenvalue weighted by molar-refractivity contribution is 0.311. The van der Waals surface area contributed by atoms with E-state index in [0.717, 1.165) is 10.6 Å². The molecule has 1 aromatic carbocycles. The van der Waals surface area contributed by atoms with Crippen LogP contribution in [0.25, 0.3) is 0 Å². The number of anilines is 1. The van der Waals surface area contributed by atoms with Gasteiger partial charge >= 0.3 is 0 Å². The smallest absolute Gasteiger partial charge is 0.250 e. The number of sulfonamides is 1. The number of hydrogen-bond acceptors (Lipinski definition) is 6. The van der Waals surface area contributed by atoms with Crippen molar-refractivity contribution in [3.8, 4) is 11.5 Å². The number of guanidine groups is 1. The summed E-state index contributed by atoms with van der Waals surface area (Å²) in [6.45, 7) is 4.90. The summed E-state index contributed by atoms with van der Waals surface area (Å²) in [5.41, 5.74) is 0.770. The van der Waals surface area contributed by atoms with Gasteiger partial charge in [-0.05, 0) is 38.1 Å². The Balaban J connectivity index is 0.00000420. The first-order valence-electron chi connectivity index (χ1n) is 8.74. The number of rotatable bonds is 9. The molecule has 1 heterocycles. The van der Waals surface area contributed by atoms with Crippen LogP contribution in [0.1, 0.15) is 11.8 Å². The molecule has 0 aliphatic rings. The number of methoxy groups -OCH3 is 1. The molecule has 2 aromatic rings. The standard InChI is InChI=1S/C18H26N4O4S2.HI/c1-5-26-16-12-14(7-8-15(16)25-4)22-18(19-3)20-10-11-21-28(23,24)17-9-6-13(2)27-17;/h6-9,12,21H,5,10-11H2,1-4H3,(H2,19,20,22);1H. The van der Waals surface area contributed by atoms with E-state index in [4.69, 9.17) is 9.47 Å². The predicted octanol–water partition coefficient (Wildman–Crippen LogP) is 3.05. The van der Waals surface area contributed by atoms with Crippen LogP contribution in [0.15, 0.2) is 39.5 Å². The number of nitrogens with one attached hydrogen (secondary N) is 3. The second kappa shape index (κ2) is 12.2. The van der Waals surface area contributed by atoms with Gasteiger partial charge < -0.3 is 20.1 Å². The van der Waals surface area contributed by atoms with Gasteiger partial charge in [0.25, 0.3) is 0 Å². The highest BCUT2D eigenvalue weighted by molar-refractivity contribution is 14.0. The molecule has 0 spiro atoms. The van der Waals surface area contributed by atoms with Gasteiger partial charge in [0.2, 0.25) is 10.0 Å². The number of hydrogen-bond donors (Lipinski definition) is 3. The third-order valence-electron chi connectivity index (χ3n) is 3.64. The molecule has 0 atom stereocenters. The van der Waals surface area contributed by atoms with Crippen molar-refractivity contribution in [3.63, 3.8) is 0 Å². The maximum absolute atomic E-state index is 12.2. The molecule has 0 saturated carbocycles. The lowest BCUT2D eigenvalue weighted by Gasteiger charge is -2.15. The maximum Gasteiger partial charge on any atom is 0.250 e. The number of ether oxygens (including phenoxy) is 2. The molecule has 0 radical (unpaired) electrons. The van der Waals surface area contributed by atoms with E-state index >= 15 is 0 Å². The average Bonchev–Trinajstić information content (AvgIpc) is 3.12. The topological polar surface area (TPSA) is 101 Å². The Hall–Kier alpha value is -1.57. The summed E-state index contributed by atoms with van der Waals surface area (Å²) in [6, 6.07) is 8.86. The molecule has 0 fully saturated rings. The molecule has 0 aliphatic carbocycles. The Morgan fingerprint density at radius 3 is 2.52 bits per heavy atom. The summed E-state index contributed by atoms with van der Waals surface area (Å²) in [6.07, 6.45) is 0. The third kappa shape index (κ3) is 7.64. The van der Waals surface area contributed by atoms with Gasteiger partial charge in [0.1, 0.15) is 4.21 Å². The van der Waals surface area contributed by atoms with Crippen LogP contribution in [-0.2, 0) is 10.0 Å². The highest BCUT2D eigenvalue weighted by Crippen LogP contribution is 2.30. The largest absolute Gasteiger partial charge is 0.493 e. The zero-order valence-electron chi connectivity index (χ0n) is 16.8. The Morgan fingerprint density at radius 1 is 1.17 bits per heavy atom. The van der Waals surface area contributed by atoms with Crippen LogP contribution in [-0.4, -0.2) is 48.2 Å². The molecule has 1 aromatic heterocycles. The summed E-state index contributed by atoms with van der Waals surface area (Å²) >= 11 is 1.24. The molecule has 2 rings (SSSR count). The second-order valence-electron chi connectivity index (χ2n) is 5.69. The number of nitrogens with zero attached hydrogens (tertiary/aromatic N) is 1. The molecule has 162 valence electrons. The number of aliphatic imine (C=N–C) groups is 1. The lowest BCUT2D eigenvalue weighted by Crippen LogP contribution is -2.37. The van der Waals surface area contributed by atoms with Crippen LogP contribution in [0.2, 0.25) is 0 Å². The average molecular weight is 554 g/mol. The summed E-state index contributed by atoms with van der Waals surface area (Å²) in [4.78, 5) is 5.10. The normalized spacial score (nSPS) is 11.5. The molecule has 0 saturated heterocycles. The fourth-order valence-corrected chi connectivity index (χ4v) is 4.69. The van der Waals surface area contributed by atoms with Crippen LogP contribution >= 0.6 is 35.3 Å². The maximum atomic E-state index is 12.2. The summed E-state index contributed by atoms with van der Waals surface area (Å²) in [5, 5.41) is 6.21. The van der Waals surface area contributed by atoms with Crippen LogP contribution in [0.4, 0.5) is 5.69 Å². The van der Waals surface area contributed by atoms with E-state index in [1.807, 2.05) is 26.0 Å². The number of aryl methyl sites for hydroxylation is 1. The van der Waals surface area contributed by atoms with Gasteiger partial charge in [-0.25, -0.2) is 13.1 Å². The summed E-state index contributed by atoms with van der Waals surface area (Å²) < 4.78 is 38.1. The summed E-state index contributed by atoms with van der Waals surface area (Å²) in [7, 11) is -0.258. The van der Waals surface area contributed by atoms with Crippen molar-refractivity contribution in [2.24, 2.45) is 4.99 Å². The van der Waals surface area contributed by atoms with Crippen LogP contribution in [0.3, 0.4) is 0 Å². The number of halogens is 1. The van der Waals surface area contributed by atoms with Crippen molar-refractivity contribution in [1.82, 2.24) is 10.0 Å². The first-order chi connectivity index (χ1) is 13.4. The SMILES string of the molecule is CCOc1cc(NC(=NC)NCCNS(=O)(=O)c2ccc(C)s2)ccc1OC.I. The number of thiophene rings is 1. The van der Waals surface area contributed by atoms with Gasteiger partial charge in [0, 0.05) is 36.8 Å². The van der Waals surface area contributed by atoms with Crippen LogP contribution in [0.5, 0.6) is 11.5 Å². The van der Waals surface area contributed by atoms with E-state index in [0.29, 0.717) is 34.8 Å². The Morgan fingerprint density at radius 2 is 1.93 bits per heavy atom. The third-order valence-corrected chi connectivity index (χ3v) is 6.59. The number of benzene rings is 1. The second-order valence-corrected chi connectivity index (χ2v) is 8.97. The van der Waals surface area contributed by atoms with Crippen molar-refractivity contribution in [3.05, 3.63) is 35.2 Å². The molecule has 29 heavy (non-hydrogen) atoms. The molecule has 0 bridgehead atoms. The van der Waals surface area contributed by atoms with E-state index in [-0.39, 0.29) is 30.5 Å². The fourth-order valence-electron chi connectivity index (χ4n) is 2.33. The molecular weight excluding hydrogens is 527 g/mol. The van der Waals surface area contributed by atoms with Gasteiger partial charge in [-0.15, -0.1) is 35.3 Å². The van der Waals surface area contributed by atoms with Gasteiger partial charge in [-0.3, -0.25) is 4.99 Å². The van der Waals surface area contributed by atoms with Crippen molar-refractivity contribution in [2.75, 3.05) is 39.2 Å². The zero-order chi connectivity index (χ0) is 20.6. The van der Waals surface area contributed by atoms with E-state index < -0.39 is 10.0 Å². The molecule has 11 heteroatoms. The van der Waals surface area contributed by atoms with Crippen molar-refractivity contribution in [1.29, 1.82) is 0 Å². The van der Waals surface area contributed by atoms with E-state index in [1.54, 1.807) is 32.4 Å². The minimum absolute atomic E-state index is 0. The molecule has 8 nitrogen and oxygen atoms in total. The van der Waals surface area contributed by atoms with E-state index in [2.05, 4.69) is 20.3 Å². The quantitative estimate of drug-likeness (QED) is 0.191. The predicted molar refractivity (Wildman–Crippen MR) is 129 cm³/mol. The molecule has 0 amide bonds. The van der Waals surface area contributed by atoms with Crippen LogP contribution < -0.4 is 24.8 Å². The van der Waals surface area contributed by atoms with E-state index in [9.17, 15) is 8.42 Å². The summed E-state index contributed by atoms with van der Waals surface area (Å²) in [5.74, 6) is 1.79. The molecule has 0 aliphatic heterocycles. The first-order valence-corrected chi connectivity index (χ1v) is 11.0. The van der Waals surface area contributed by atoms with Crippen LogP contribution in [0, 0.1) is 6.92 Å². The van der Waals surface area contributed by atoms with Crippen molar-refractivity contribution >= 4 is 57.0 Å². The lowest BCUT2D eigenvalue weighted by atomic mass is 10.2. The fraction of sp³-hybridized carbons (Fsp3) is 0.389. The van der Waals surface area contributed by atoms with Crippen molar-refractivity contribution in [2.45, 2.75) is 18.1 Å². The zero-order valence-corrected chi connectivity index (χ0v) is 20.8. The van der Waals surface area contributed by atoms with Gasteiger partial charge in [0.15, 0.2) is 17.5 Å². The Kier molecular flexibility index (Phi) is 10.7. The highest BCUT2D eigenvalue weighted by atomic mass is 127. The monoisotopic (exact) mass is 554 g/mol. The van der Waals surface area contributed by atoms with Gasteiger partial charge in [0.05, 0.1) is 13.7 Å². The molecule has 3 N–H and O–H groups in total. The molecular formula is C18H27IN4O4S2. The van der Waals surface area contributed by atoms with Gasteiger partial charge in [-0.1, -0.05) is 0 Å². The molecule has 0 unspecified atom stereocenters. The minimum atomic E-state index is -3.48. The van der Waals surface area contributed by atoms with Crippen molar-refractivity contribution < 1.29 is 17.9 Å². The van der Waals surface area contributed by atoms with E-state index in [1.165, 1.54) is 11.3 Å². The highest BCUT2D eigenvalue weighted by Gasteiger charge is 2.15. The minimum Gasteiger partial charge on any atom is -0.493 e. The van der Waals surface area contributed by atoms with Gasteiger partial charge in [-0.2, -0.15) is 0 Å². The Labute approximate surface area is 193 Å². The Bertz CT molecular complexity index is 916. The first kappa shape index (κ1) is 25.5.